The van der Waals surface area contributed by atoms with Gasteiger partial charge in [-0.3, -0.25) is 9.67 Å². The summed E-state index contributed by atoms with van der Waals surface area (Å²) in [5.74, 6) is 0.922. The average Bonchev–Trinajstić information content (AvgIpc) is 2.79. The van der Waals surface area contributed by atoms with Crippen molar-refractivity contribution in [2.75, 3.05) is 33.4 Å². The largest absolute Gasteiger partial charge is 0.385 e. The van der Waals surface area contributed by atoms with Crippen molar-refractivity contribution in [3.8, 4) is 0 Å². The fourth-order valence-corrected chi connectivity index (χ4v) is 3.56. The number of rotatable bonds is 9. The smallest absolute Gasteiger partial charge is 0.191 e. The molecule has 0 radical (unpaired) electrons. The van der Waals surface area contributed by atoms with Crippen molar-refractivity contribution >= 4 is 5.96 Å². The normalized spacial score (nSPS) is 16.6. The number of hydrogen-bond donors (Lipinski definition) is 2. The summed E-state index contributed by atoms with van der Waals surface area (Å²) in [6, 6.07) is 0. The third kappa shape index (κ3) is 5.21. The monoisotopic (exact) mass is 349 g/mol. The van der Waals surface area contributed by atoms with Crippen LogP contribution in [0.5, 0.6) is 0 Å². The summed E-state index contributed by atoms with van der Waals surface area (Å²) >= 11 is 0. The molecule has 1 aliphatic carbocycles. The molecular weight excluding hydrogens is 314 g/mol. The zero-order valence-electron chi connectivity index (χ0n) is 16.6. The molecule has 1 heterocycles. The van der Waals surface area contributed by atoms with Crippen molar-refractivity contribution in [1.82, 2.24) is 20.4 Å². The maximum Gasteiger partial charge on any atom is 0.191 e. The second kappa shape index (κ2) is 9.22. The van der Waals surface area contributed by atoms with E-state index in [0.717, 1.165) is 50.7 Å². The number of guanidine groups is 1. The van der Waals surface area contributed by atoms with E-state index in [2.05, 4.69) is 36.5 Å². The Hall–Kier alpha value is -1.56. The molecule has 25 heavy (non-hydrogen) atoms. The minimum absolute atomic E-state index is 0.356. The highest BCUT2D eigenvalue weighted by molar-refractivity contribution is 5.79. The first-order valence-corrected chi connectivity index (χ1v) is 9.51. The van der Waals surface area contributed by atoms with E-state index in [9.17, 15) is 0 Å². The van der Waals surface area contributed by atoms with E-state index in [4.69, 9.17) is 9.73 Å². The van der Waals surface area contributed by atoms with Gasteiger partial charge in [0.1, 0.15) is 0 Å². The lowest BCUT2D eigenvalue weighted by Gasteiger charge is -2.40. The summed E-state index contributed by atoms with van der Waals surface area (Å²) in [6.07, 6.45) is 5.94. The van der Waals surface area contributed by atoms with Gasteiger partial charge in [-0.1, -0.05) is 6.42 Å². The van der Waals surface area contributed by atoms with Crippen molar-refractivity contribution in [3.63, 3.8) is 0 Å². The molecule has 0 atom stereocenters. The number of aryl methyl sites for hydroxylation is 2. The summed E-state index contributed by atoms with van der Waals surface area (Å²) in [5, 5.41) is 11.3. The molecule has 0 spiro atoms. The van der Waals surface area contributed by atoms with E-state index in [1.807, 2.05) is 11.7 Å². The summed E-state index contributed by atoms with van der Waals surface area (Å²) in [6.45, 7) is 9.78. The quantitative estimate of drug-likeness (QED) is 0.531. The van der Waals surface area contributed by atoms with E-state index in [-0.39, 0.29) is 0 Å². The van der Waals surface area contributed by atoms with E-state index < -0.39 is 0 Å². The van der Waals surface area contributed by atoms with Gasteiger partial charge in [0, 0.05) is 46.1 Å². The molecule has 0 aromatic carbocycles. The van der Waals surface area contributed by atoms with Crippen molar-refractivity contribution in [3.05, 3.63) is 17.0 Å². The third-order valence-corrected chi connectivity index (χ3v) is 5.49. The van der Waals surface area contributed by atoms with Gasteiger partial charge in [0.2, 0.25) is 0 Å². The van der Waals surface area contributed by atoms with Crippen LogP contribution >= 0.6 is 0 Å². The van der Waals surface area contributed by atoms with Crippen LogP contribution in [0.4, 0.5) is 0 Å². The number of ether oxygens (including phenoxy) is 1. The van der Waals surface area contributed by atoms with E-state index in [1.54, 1.807) is 7.11 Å². The zero-order chi connectivity index (χ0) is 18.3. The van der Waals surface area contributed by atoms with Gasteiger partial charge in [0.05, 0.1) is 5.69 Å². The van der Waals surface area contributed by atoms with E-state index >= 15 is 0 Å². The summed E-state index contributed by atoms with van der Waals surface area (Å²) in [5.41, 5.74) is 4.06. The lowest BCUT2D eigenvalue weighted by molar-refractivity contribution is 0.0778. The zero-order valence-corrected chi connectivity index (χ0v) is 16.6. The van der Waals surface area contributed by atoms with Gasteiger partial charge < -0.3 is 15.4 Å². The lowest BCUT2D eigenvalue weighted by atomic mass is 9.67. The molecule has 0 unspecified atom stereocenters. The molecule has 2 N–H and O–H groups in total. The van der Waals surface area contributed by atoms with Crippen LogP contribution in [-0.4, -0.2) is 49.1 Å². The van der Waals surface area contributed by atoms with Gasteiger partial charge in [-0.2, -0.15) is 5.10 Å². The van der Waals surface area contributed by atoms with E-state index in [1.165, 1.54) is 30.5 Å². The Kier molecular flexibility index (Phi) is 7.29. The molecule has 2 rings (SSSR count). The molecule has 1 aliphatic rings. The Morgan fingerprint density at radius 2 is 2.08 bits per heavy atom. The molecule has 142 valence electrons. The second-order valence-electron chi connectivity index (χ2n) is 7.24. The first kappa shape index (κ1) is 19.8. The molecule has 0 amide bonds. The highest BCUT2D eigenvalue weighted by atomic mass is 16.5. The lowest BCUT2D eigenvalue weighted by Crippen LogP contribution is -2.41. The molecule has 1 aromatic heterocycles. The SMILES string of the molecule is CCNC(=NCC1(CCOC)CCC1)NCCc1c(C)nn(C)c1C. The number of nitrogens with one attached hydrogen (secondary N) is 2. The first-order valence-electron chi connectivity index (χ1n) is 9.51. The Balaban J connectivity index is 1.89. The van der Waals surface area contributed by atoms with Gasteiger partial charge in [-0.25, -0.2) is 0 Å². The topological polar surface area (TPSA) is 63.5 Å². The van der Waals surface area contributed by atoms with Crippen LogP contribution < -0.4 is 10.6 Å². The Morgan fingerprint density at radius 1 is 1.32 bits per heavy atom. The summed E-state index contributed by atoms with van der Waals surface area (Å²) < 4.78 is 7.24. The van der Waals surface area contributed by atoms with Gasteiger partial charge in [-0.05, 0) is 57.4 Å². The molecule has 1 fully saturated rings. The average molecular weight is 350 g/mol. The number of hydrogen-bond acceptors (Lipinski definition) is 3. The first-order chi connectivity index (χ1) is 12.0. The fourth-order valence-electron chi connectivity index (χ4n) is 3.56. The van der Waals surface area contributed by atoms with Crippen LogP contribution in [0, 0.1) is 19.3 Å². The van der Waals surface area contributed by atoms with Crippen LogP contribution in [0.3, 0.4) is 0 Å². The maximum atomic E-state index is 5.28. The second-order valence-corrected chi connectivity index (χ2v) is 7.24. The van der Waals surface area contributed by atoms with Crippen LogP contribution in [0.1, 0.15) is 49.6 Å². The number of nitrogens with zero attached hydrogens (tertiary/aromatic N) is 3. The van der Waals surface area contributed by atoms with Crippen LogP contribution in [0.25, 0.3) is 0 Å². The number of methoxy groups -OCH3 is 1. The third-order valence-electron chi connectivity index (χ3n) is 5.49. The summed E-state index contributed by atoms with van der Waals surface area (Å²) in [7, 11) is 3.78. The van der Waals surface area contributed by atoms with Crippen LogP contribution in [-0.2, 0) is 18.2 Å². The Morgan fingerprint density at radius 3 is 2.60 bits per heavy atom. The van der Waals surface area contributed by atoms with Crippen molar-refractivity contribution in [2.24, 2.45) is 17.5 Å². The highest BCUT2D eigenvalue weighted by Gasteiger charge is 2.36. The fraction of sp³-hybridized carbons (Fsp3) is 0.789. The molecule has 0 aliphatic heterocycles. The predicted octanol–water partition coefficient (Wildman–Crippen LogP) is 2.34. The van der Waals surface area contributed by atoms with E-state index in [0.29, 0.717) is 5.41 Å². The van der Waals surface area contributed by atoms with Crippen LogP contribution in [0.2, 0.25) is 0 Å². The van der Waals surface area contributed by atoms with Crippen LogP contribution in [0.15, 0.2) is 4.99 Å². The number of aromatic nitrogens is 2. The molecule has 0 saturated heterocycles. The maximum absolute atomic E-state index is 5.28. The standard InChI is InChI=1S/C19H35N5O/c1-6-20-18(22-14-19(9-7-10-19)11-13-25-5)21-12-8-17-15(2)23-24(4)16(17)3/h6-14H2,1-5H3,(H2,20,21,22). The molecule has 1 saturated carbocycles. The molecule has 0 bridgehead atoms. The summed E-state index contributed by atoms with van der Waals surface area (Å²) in [4.78, 5) is 4.86. The Bertz CT molecular complexity index is 575. The van der Waals surface area contributed by atoms with Crippen molar-refractivity contribution in [2.45, 2.75) is 52.9 Å². The van der Waals surface area contributed by atoms with Gasteiger partial charge in [0.15, 0.2) is 5.96 Å². The van der Waals surface area contributed by atoms with Gasteiger partial charge in [-0.15, -0.1) is 0 Å². The minimum Gasteiger partial charge on any atom is -0.385 e. The van der Waals surface area contributed by atoms with Gasteiger partial charge in [0.25, 0.3) is 0 Å². The number of aliphatic imine (C=N–C) groups is 1. The predicted molar refractivity (Wildman–Crippen MR) is 103 cm³/mol. The minimum atomic E-state index is 0.356. The van der Waals surface area contributed by atoms with Crippen molar-refractivity contribution in [1.29, 1.82) is 0 Å². The molecule has 6 heteroatoms. The Labute approximate surface area is 152 Å². The molecule has 1 aromatic rings. The van der Waals surface area contributed by atoms with Crippen molar-refractivity contribution < 1.29 is 4.74 Å². The highest BCUT2D eigenvalue weighted by Crippen LogP contribution is 2.44. The van der Waals surface area contributed by atoms with Gasteiger partial charge >= 0.3 is 0 Å². The molecular formula is C19H35N5O. The molecule has 6 nitrogen and oxygen atoms in total.